The molecule has 0 spiro atoms. The van der Waals surface area contributed by atoms with Crippen molar-refractivity contribution in [3.05, 3.63) is 30.1 Å². The van der Waals surface area contributed by atoms with Gasteiger partial charge >= 0.3 is 0 Å². The molecular weight excluding hydrogens is 146 g/mol. The Hall–Kier alpha value is -0.560. The fourth-order valence-corrected chi connectivity index (χ4v) is 0.859. The molecule has 1 aromatic rings. The van der Waals surface area contributed by atoms with Crippen molar-refractivity contribution in [3.8, 4) is 0 Å². The second-order valence-electron chi connectivity index (χ2n) is 2.23. The summed E-state index contributed by atoms with van der Waals surface area (Å²) >= 11 is 0. The molecule has 0 aliphatic rings. The molecule has 0 fully saturated rings. The van der Waals surface area contributed by atoms with Gasteiger partial charge in [0.15, 0.2) is 12.4 Å². The van der Waals surface area contributed by atoms with Gasteiger partial charge in [-0.05, 0) is 12.5 Å². The largest absolute Gasteiger partial charge is 1.00 e. The van der Waals surface area contributed by atoms with E-state index >= 15 is 0 Å². The fourth-order valence-electron chi connectivity index (χ4n) is 0.859. The quantitative estimate of drug-likeness (QED) is 0.419. The fraction of sp³-hybridized carbons (Fsp3) is 0.375. The van der Waals surface area contributed by atoms with E-state index in [0.717, 1.165) is 6.42 Å². The number of hydrogen-bond donors (Lipinski definition) is 0. The zero-order valence-corrected chi connectivity index (χ0v) is 7.10. The number of aryl methyl sites for hydroxylation is 2. The Labute approximate surface area is 68.1 Å². The van der Waals surface area contributed by atoms with Gasteiger partial charge in [-0.3, -0.25) is 0 Å². The number of nitrogens with zero attached hydrogens (tertiary/aromatic N) is 1. The maximum Gasteiger partial charge on any atom is 0.171 e. The summed E-state index contributed by atoms with van der Waals surface area (Å²) in [5, 5.41) is 0. The van der Waals surface area contributed by atoms with Gasteiger partial charge in [0.1, 0.15) is 7.05 Å². The second kappa shape index (κ2) is 4.29. The minimum Gasteiger partial charge on any atom is -1.00 e. The molecule has 0 radical (unpaired) electrons. The van der Waals surface area contributed by atoms with E-state index in [-0.39, 0.29) is 12.4 Å². The van der Waals surface area contributed by atoms with Crippen LogP contribution in [0.2, 0.25) is 0 Å². The lowest BCUT2D eigenvalue weighted by Gasteiger charge is -1.90. The maximum atomic E-state index is 2.16. The van der Waals surface area contributed by atoms with Crippen LogP contribution in [0.3, 0.4) is 0 Å². The van der Waals surface area contributed by atoms with Gasteiger partial charge in [-0.25, -0.2) is 4.57 Å². The van der Waals surface area contributed by atoms with Crippen LogP contribution in [0.1, 0.15) is 12.5 Å². The van der Waals surface area contributed by atoms with Gasteiger partial charge in [0.2, 0.25) is 0 Å². The van der Waals surface area contributed by atoms with E-state index in [1.807, 2.05) is 13.2 Å². The number of pyridine rings is 1. The molecule has 0 aromatic carbocycles. The van der Waals surface area contributed by atoms with Crippen LogP contribution in [-0.2, 0) is 13.5 Å². The summed E-state index contributed by atoms with van der Waals surface area (Å²) in [7, 11) is 2.04. The van der Waals surface area contributed by atoms with Gasteiger partial charge in [0.05, 0.1) is 0 Å². The van der Waals surface area contributed by atoms with E-state index in [0.29, 0.717) is 0 Å². The molecule has 0 amide bonds. The molecule has 0 aliphatic carbocycles. The molecule has 1 aromatic heterocycles. The van der Waals surface area contributed by atoms with Crippen molar-refractivity contribution in [1.29, 1.82) is 0 Å². The molecule has 1 nitrogen and oxygen atoms in total. The minimum absolute atomic E-state index is 0. The Bertz CT molecular complexity index is 198. The van der Waals surface area contributed by atoms with Crippen molar-refractivity contribution < 1.29 is 17.0 Å². The highest BCUT2D eigenvalue weighted by atomic mass is 35.5. The van der Waals surface area contributed by atoms with Gasteiger partial charge in [0, 0.05) is 11.6 Å². The van der Waals surface area contributed by atoms with E-state index < -0.39 is 0 Å². The SMILES string of the molecule is CCc1ccc[n+](C)c1.[Cl-]. The topological polar surface area (TPSA) is 3.88 Å². The number of hydrogen-bond acceptors (Lipinski definition) is 0. The molecule has 10 heavy (non-hydrogen) atoms. The molecule has 0 N–H and O–H groups in total. The van der Waals surface area contributed by atoms with Crippen LogP contribution >= 0.6 is 0 Å². The third kappa shape index (κ3) is 2.36. The van der Waals surface area contributed by atoms with Crippen molar-refractivity contribution in [3.63, 3.8) is 0 Å². The second-order valence-corrected chi connectivity index (χ2v) is 2.23. The summed E-state index contributed by atoms with van der Waals surface area (Å²) in [4.78, 5) is 0. The van der Waals surface area contributed by atoms with E-state index in [2.05, 4.69) is 29.8 Å². The summed E-state index contributed by atoms with van der Waals surface area (Å²) in [6.07, 6.45) is 5.30. The average Bonchev–Trinajstić information content (AvgIpc) is 1.88. The number of halogens is 1. The van der Waals surface area contributed by atoms with Gasteiger partial charge < -0.3 is 12.4 Å². The number of aromatic nitrogens is 1. The predicted molar refractivity (Wildman–Crippen MR) is 37.0 cm³/mol. The minimum atomic E-state index is 0. The Morgan fingerprint density at radius 2 is 2.20 bits per heavy atom. The van der Waals surface area contributed by atoms with Crippen LogP contribution < -0.4 is 17.0 Å². The highest BCUT2D eigenvalue weighted by molar-refractivity contribution is 5.04. The smallest absolute Gasteiger partial charge is 0.171 e. The molecule has 0 aliphatic heterocycles. The Morgan fingerprint density at radius 3 is 2.60 bits per heavy atom. The Kier molecular flexibility index (Phi) is 4.05. The first kappa shape index (κ1) is 9.44. The summed E-state index contributed by atoms with van der Waals surface area (Å²) in [5.41, 5.74) is 1.39. The predicted octanol–water partition coefficient (Wildman–Crippen LogP) is -1.92. The molecule has 0 unspecified atom stereocenters. The standard InChI is InChI=1S/C8H12N.ClH/c1-3-8-5-4-6-9(2)7-8;/h4-7H,3H2,1-2H3;1H/q+1;/p-1. The normalized spacial score (nSPS) is 8.60. The van der Waals surface area contributed by atoms with Crippen molar-refractivity contribution in [2.75, 3.05) is 0 Å². The van der Waals surface area contributed by atoms with Gasteiger partial charge in [-0.2, -0.15) is 0 Å². The monoisotopic (exact) mass is 157 g/mol. The van der Waals surface area contributed by atoms with Crippen LogP contribution in [0.25, 0.3) is 0 Å². The van der Waals surface area contributed by atoms with Crippen molar-refractivity contribution >= 4 is 0 Å². The highest BCUT2D eigenvalue weighted by Crippen LogP contribution is 1.92. The van der Waals surface area contributed by atoms with Crippen LogP contribution in [0, 0.1) is 0 Å². The molecule has 1 heterocycles. The van der Waals surface area contributed by atoms with Crippen LogP contribution in [-0.4, -0.2) is 0 Å². The number of rotatable bonds is 1. The van der Waals surface area contributed by atoms with Crippen molar-refractivity contribution in [1.82, 2.24) is 0 Å². The first-order valence-corrected chi connectivity index (χ1v) is 3.27. The molecular formula is C8H12ClN. The highest BCUT2D eigenvalue weighted by Gasteiger charge is 1.91. The first-order valence-electron chi connectivity index (χ1n) is 3.27. The summed E-state index contributed by atoms with van der Waals surface area (Å²) in [6.45, 7) is 2.16. The van der Waals surface area contributed by atoms with Crippen LogP contribution in [0.4, 0.5) is 0 Å². The summed E-state index contributed by atoms with van der Waals surface area (Å²) in [6, 6.07) is 4.21. The van der Waals surface area contributed by atoms with E-state index in [1.165, 1.54) is 5.56 Å². The maximum absolute atomic E-state index is 2.16. The third-order valence-corrected chi connectivity index (χ3v) is 1.41. The average molecular weight is 158 g/mol. The lowest BCUT2D eigenvalue weighted by atomic mass is 10.2. The molecule has 0 saturated heterocycles. The molecule has 56 valence electrons. The Balaban J connectivity index is 0.000000810. The van der Waals surface area contributed by atoms with E-state index in [9.17, 15) is 0 Å². The van der Waals surface area contributed by atoms with Gasteiger partial charge in [-0.1, -0.05) is 6.92 Å². The molecule has 1 rings (SSSR count). The van der Waals surface area contributed by atoms with Crippen LogP contribution in [0.15, 0.2) is 24.5 Å². The van der Waals surface area contributed by atoms with E-state index in [1.54, 1.807) is 0 Å². The molecule has 0 atom stereocenters. The Morgan fingerprint density at radius 1 is 1.50 bits per heavy atom. The van der Waals surface area contributed by atoms with Gasteiger partial charge in [-0.15, -0.1) is 0 Å². The van der Waals surface area contributed by atoms with Crippen molar-refractivity contribution in [2.24, 2.45) is 7.05 Å². The van der Waals surface area contributed by atoms with Crippen LogP contribution in [0.5, 0.6) is 0 Å². The molecule has 2 heteroatoms. The van der Waals surface area contributed by atoms with Gasteiger partial charge in [0.25, 0.3) is 0 Å². The van der Waals surface area contributed by atoms with E-state index in [4.69, 9.17) is 0 Å². The summed E-state index contributed by atoms with van der Waals surface area (Å²) in [5.74, 6) is 0. The summed E-state index contributed by atoms with van der Waals surface area (Å²) < 4.78 is 2.07. The van der Waals surface area contributed by atoms with Crippen molar-refractivity contribution in [2.45, 2.75) is 13.3 Å². The molecule has 0 bridgehead atoms. The zero-order chi connectivity index (χ0) is 6.69. The lowest BCUT2D eigenvalue weighted by molar-refractivity contribution is -0.671. The molecule has 0 saturated carbocycles. The third-order valence-electron chi connectivity index (χ3n) is 1.41. The lowest BCUT2D eigenvalue weighted by Crippen LogP contribution is -3.00. The first-order chi connectivity index (χ1) is 4.33. The zero-order valence-electron chi connectivity index (χ0n) is 6.34.